The van der Waals surface area contributed by atoms with Crippen LogP contribution in [0.25, 0.3) is 0 Å². The van der Waals surface area contributed by atoms with Crippen LogP contribution in [0.4, 0.5) is 0 Å². The van der Waals surface area contributed by atoms with Crippen LogP contribution >= 0.6 is 0 Å². The number of allylic oxidation sites excluding steroid dienone is 1. The van der Waals surface area contributed by atoms with E-state index in [-0.39, 0.29) is 0 Å². The molecule has 0 saturated carbocycles. The van der Waals surface area contributed by atoms with Crippen molar-refractivity contribution in [2.45, 2.75) is 6.42 Å². The van der Waals surface area contributed by atoms with Gasteiger partial charge in [0.25, 0.3) is 0 Å². The Bertz CT molecular complexity index is 246. The zero-order valence-electron chi connectivity index (χ0n) is 5.72. The lowest BCUT2D eigenvalue weighted by Crippen LogP contribution is -2.21. The number of hydrogen-bond acceptors (Lipinski definition) is 2. The molecule has 51 valence electrons. The third-order valence-corrected chi connectivity index (χ3v) is 1.82. The summed E-state index contributed by atoms with van der Waals surface area (Å²) < 4.78 is 0. The Balaban J connectivity index is 2.45. The SMILES string of the molecule is [CH2]C1=C2C=NC=C2NCC1. The highest BCUT2D eigenvalue weighted by atomic mass is 14.9. The number of rotatable bonds is 0. The summed E-state index contributed by atoms with van der Waals surface area (Å²) in [6.07, 6.45) is 4.75. The van der Waals surface area contributed by atoms with Gasteiger partial charge < -0.3 is 5.32 Å². The summed E-state index contributed by atoms with van der Waals surface area (Å²) in [6, 6.07) is 0. The van der Waals surface area contributed by atoms with Gasteiger partial charge in [-0.3, -0.25) is 4.99 Å². The number of nitrogens with zero attached hydrogens (tertiary/aromatic N) is 1. The van der Waals surface area contributed by atoms with Crippen molar-refractivity contribution in [3.05, 3.63) is 30.0 Å². The summed E-state index contributed by atoms with van der Waals surface area (Å²) in [6.45, 7) is 4.95. The van der Waals surface area contributed by atoms with Crippen molar-refractivity contribution >= 4 is 6.21 Å². The van der Waals surface area contributed by atoms with E-state index in [9.17, 15) is 0 Å². The van der Waals surface area contributed by atoms with Gasteiger partial charge in [0.1, 0.15) is 0 Å². The van der Waals surface area contributed by atoms with Crippen LogP contribution in [0.3, 0.4) is 0 Å². The molecule has 2 nitrogen and oxygen atoms in total. The summed E-state index contributed by atoms with van der Waals surface area (Å²) in [7, 11) is 0. The van der Waals surface area contributed by atoms with Crippen molar-refractivity contribution in [3.8, 4) is 0 Å². The molecule has 0 aromatic rings. The zero-order valence-corrected chi connectivity index (χ0v) is 5.72. The summed E-state index contributed by atoms with van der Waals surface area (Å²) in [5.41, 5.74) is 3.52. The number of nitrogens with one attached hydrogen (secondary N) is 1. The van der Waals surface area contributed by atoms with Gasteiger partial charge in [-0.05, 0) is 13.3 Å². The molecular weight excluding hydrogens is 124 g/mol. The summed E-state index contributed by atoms with van der Waals surface area (Å²) >= 11 is 0. The molecule has 0 aliphatic carbocycles. The molecule has 0 aromatic carbocycles. The fourth-order valence-corrected chi connectivity index (χ4v) is 1.23. The van der Waals surface area contributed by atoms with E-state index in [4.69, 9.17) is 0 Å². The Hall–Kier alpha value is -1.05. The fourth-order valence-electron chi connectivity index (χ4n) is 1.23. The van der Waals surface area contributed by atoms with Crippen molar-refractivity contribution in [2.75, 3.05) is 6.54 Å². The monoisotopic (exact) mass is 133 g/mol. The first-order chi connectivity index (χ1) is 4.88. The molecule has 2 aliphatic rings. The van der Waals surface area contributed by atoms with Gasteiger partial charge in [0.15, 0.2) is 0 Å². The van der Waals surface area contributed by atoms with Crippen LogP contribution in [-0.4, -0.2) is 12.8 Å². The van der Waals surface area contributed by atoms with Gasteiger partial charge in [-0.2, -0.15) is 0 Å². The Morgan fingerprint density at radius 1 is 1.60 bits per heavy atom. The highest BCUT2D eigenvalue weighted by molar-refractivity contribution is 5.89. The van der Waals surface area contributed by atoms with E-state index in [1.807, 2.05) is 12.4 Å². The van der Waals surface area contributed by atoms with Crippen LogP contribution in [0.2, 0.25) is 0 Å². The molecule has 0 spiro atoms. The maximum atomic E-state index is 4.03. The van der Waals surface area contributed by atoms with Gasteiger partial charge in [0.2, 0.25) is 0 Å². The molecule has 2 heteroatoms. The van der Waals surface area contributed by atoms with Crippen LogP contribution in [-0.2, 0) is 0 Å². The third-order valence-electron chi connectivity index (χ3n) is 1.82. The van der Waals surface area contributed by atoms with Crippen molar-refractivity contribution < 1.29 is 0 Å². The quantitative estimate of drug-likeness (QED) is 0.524. The van der Waals surface area contributed by atoms with E-state index in [1.165, 1.54) is 11.1 Å². The molecule has 2 heterocycles. The summed E-state index contributed by atoms with van der Waals surface area (Å²) in [4.78, 5) is 4.03. The van der Waals surface area contributed by atoms with E-state index in [1.54, 1.807) is 0 Å². The number of fused-ring (bicyclic) bond motifs is 1. The standard InChI is InChI=1S/C8H9N2/c1-6-2-3-10-8-5-9-4-7(6)8/h4-5,10H,1-3H2. The van der Waals surface area contributed by atoms with Crippen LogP contribution in [0.1, 0.15) is 6.42 Å². The lowest BCUT2D eigenvalue weighted by molar-refractivity contribution is 0.770. The molecule has 10 heavy (non-hydrogen) atoms. The minimum Gasteiger partial charge on any atom is -0.383 e. The molecule has 1 N–H and O–H groups in total. The maximum absolute atomic E-state index is 4.03. The predicted molar refractivity (Wildman–Crippen MR) is 41.6 cm³/mol. The van der Waals surface area contributed by atoms with Crippen LogP contribution in [0.5, 0.6) is 0 Å². The topological polar surface area (TPSA) is 24.4 Å². The van der Waals surface area contributed by atoms with Gasteiger partial charge in [-0.15, -0.1) is 0 Å². The third kappa shape index (κ3) is 0.685. The molecule has 1 radical (unpaired) electrons. The molecule has 2 rings (SSSR count). The van der Waals surface area contributed by atoms with Crippen molar-refractivity contribution in [1.29, 1.82) is 0 Å². The maximum Gasteiger partial charge on any atom is 0.0615 e. The average molecular weight is 133 g/mol. The Kier molecular flexibility index (Phi) is 1.13. The van der Waals surface area contributed by atoms with Crippen molar-refractivity contribution in [3.63, 3.8) is 0 Å². The van der Waals surface area contributed by atoms with Gasteiger partial charge in [-0.25, -0.2) is 0 Å². The molecule has 0 atom stereocenters. The molecule has 0 saturated heterocycles. The molecule has 0 unspecified atom stereocenters. The first kappa shape index (κ1) is 5.71. The van der Waals surface area contributed by atoms with Crippen LogP contribution < -0.4 is 5.32 Å². The van der Waals surface area contributed by atoms with Crippen LogP contribution in [0, 0.1) is 6.92 Å². The Morgan fingerprint density at radius 3 is 3.30 bits per heavy atom. The van der Waals surface area contributed by atoms with E-state index in [0.29, 0.717) is 0 Å². The molecule has 0 fully saturated rings. The second kappa shape index (κ2) is 1.97. The highest BCUT2D eigenvalue weighted by Gasteiger charge is 2.14. The largest absolute Gasteiger partial charge is 0.383 e. The fraction of sp³-hybridized carbons (Fsp3) is 0.250. The van der Waals surface area contributed by atoms with Gasteiger partial charge in [0.05, 0.1) is 11.9 Å². The minimum absolute atomic E-state index is 0.998. The van der Waals surface area contributed by atoms with Crippen LogP contribution in [0.15, 0.2) is 28.0 Å². The van der Waals surface area contributed by atoms with Gasteiger partial charge in [0, 0.05) is 18.3 Å². The van der Waals surface area contributed by atoms with E-state index < -0.39 is 0 Å². The second-order valence-electron chi connectivity index (χ2n) is 2.51. The number of hydrogen-bond donors (Lipinski definition) is 1. The first-order valence-electron chi connectivity index (χ1n) is 3.40. The number of aliphatic imine (C=N–C) groups is 1. The lowest BCUT2D eigenvalue weighted by atomic mass is 10.0. The molecule has 0 bridgehead atoms. The molecule has 0 aromatic heterocycles. The van der Waals surface area contributed by atoms with E-state index >= 15 is 0 Å². The summed E-state index contributed by atoms with van der Waals surface area (Å²) in [5, 5.41) is 3.25. The predicted octanol–water partition coefficient (Wildman–Crippen LogP) is 1.04. The zero-order chi connectivity index (χ0) is 6.97. The summed E-state index contributed by atoms with van der Waals surface area (Å²) in [5.74, 6) is 0. The Labute approximate surface area is 60.3 Å². The minimum atomic E-state index is 0.998. The van der Waals surface area contributed by atoms with E-state index in [0.717, 1.165) is 18.7 Å². The van der Waals surface area contributed by atoms with Crippen molar-refractivity contribution in [2.24, 2.45) is 4.99 Å². The van der Waals surface area contributed by atoms with Gasteiger partial charge in [-0.1, -0.05) is 5.57 Å². The molecule has 2 aliphatic heterocycles. The second-order valence-corrected chi connectivity index (χ2v) is 2.51. The Morgan fingerprint density at radius 2 is 2.50 bits per heavy atom. The van der Waals surface area contributed by atoms with Crippen molar-refractivity contribution in [1.82, 2.24) is 5.32 Å². The average Bonchev–Trinajstić information content (AvgIpc) is 2.36. The molecular formula is C8H9N2. The first-order valence-corrected chi connectivity index (χ1v) is 3.40. The van der Waals surface area contributed by atoms with E-state index in [2.05, 4.69) is 17.2 Å². The normalized spacial score (nSPS) is 22.3. The highest BCUT2D eigenvalue weighted by Crippen LogP contribution is 2.20. The smallest absolute Gasteiger partial charge is 0.0615 e. The van der Waals surface area contributed by atoms with Gasteiger partial charge >= 0.3 is 0 Å². The lowest BCUT2D eigenvalue weighted by Gasteiger charge is -2.16. The molecule has 0 amide bonds.